The standard InChI is InChI=1S/C22H22ClF3N4O/c1-13-4-2-3-7-30(13)12-14-8-16(23)10-19(21(14)31)29-17-5-6-27-18-9-15(22(24,25)26)11-28-20(17)18/h5-6,8-11,13,31H,2-4,7,12H2,1H3,(H,27,29). The molecule has 3 heterocycles. The summed E-state index contributed by atoms with van der Waals surface area (Å²) in [5, 5.41) is 14.4. The van der Waals surface area contributed by atoms with Crippen molar-refractivity contribution in [1.82, 2.24) is 14.9 Å². The zero-order valence-corrected chi connectivity index (χ0v) is 17.6. The van der Waals surface area contributed by atoms with Crippen LogP contribution < -0.4 is 5.32 Å². The molecule has 1 aliphatic heterocycles. The van der Waals surface area contributed by atoms with Crippen molar-refractivity contribution in [2.75, 3.05) is 11.9 Å². The van der Waals surface area contributed by atoms with Gasteiger partial charge in [0, 0.05) is 35.6 Å². The maximum atomic E-state index is 13.0. The molecule has 1 aliphatic rings. The van der Waals surface area contributed by atoms with Gasteiger partial charge in [0.2, 0.25) is 0 Å². The van der Waals surface area contributed by atoms with Gasteiger partial charge >= 0.3 is 6.18 Å². The predicted molar refractivity (Wildman–Crippen MR) is 115 cm³/mol. The number of hydrogen-bond acceptors (Lipinski definition) is 5. The van der Waals surface area contributed by atoms with Crippen LogP contribution in [0.3, 0.4) is 0 Å². The fourth-order valence-corrected chi connectivity index (χ4v) is 4.15. The zero-order chi connectivity index (χ0) is 22.2. The molecule has 2 N–H and O–H groups in total. The minimum Gasteiger partial charge on any atom is -0.505 e. The maximum Gasteiger partial charge on any atom is 0.417 e. The first-order valence-electron chi connectivity index (χ1n) is 10.1. The lowest BCUT2D eigenvalue weighted by atomic mass is 10.0. The number of rotatable bonds is 4. The minimum absolute atomic E-state index is 0.0547. The molecule has 9 heteroatoms. The molecule has 1 fully saturated rings. The number of piperidine rings is 1. The van der Waals surface area contributed by atoms with E-state index >= 15 is 0 Å². The van der Waals surface area contributed by atoms with Crippen molar-refractivity contribution in [3.63, 3.8) is 0 Å². The van der Waals surface area contributed by atoms with E-state index in [1.807, 2.05) is 0 Å². The number of alkyl halides is 3. The van der Waals surface area contributed by atoms with Gasteiger partial charge in [-0.2, -0.15) is 13.2 Å². The molecule has 0 amide bonds. The minimum atomic E-state index is -4.50. The highest BCUT2D eigenvalue weighted by Crippen LogP contribution is 2.37. The van der Waals surface area contributed by atoms with Crippen LogP contribution in [0.1, 0.15) is 37.3 Å². The number of pyridine rings is 2. The largest absolute Gasteiger partial charge is 0.505 e. The topological polar surface area (TPSA) is 61.3 Å². The van der Waals surface area contributed by atoms with Crippen LogP contribution in [0.25, 0.3) is 11.0 Å². The lowest BCUT2D eigenvalue weighted by molar-refractivity contribution is -0.137. The molecule has 3 aromatic rings. The summed E-state index contributed by atoms with van der Waals surface area (Å²) in [6.07, 6.45) is 1.09. The van der Waals surface area contributed by atoms with Gasteiger partial charge in [-0.05, 0) is 50.6 Å². The van der Waals surface area contributed by atoms with E-state index in [2.05, 4.69) is 27.1 Å². The Morgan fingerprint density at radius 3 is 2.74 bits per heavy atom. The summed E-state index contributed by atoms with van der Waals surface area (Å²) in [4.78, 5) is 10.3. The van der Waals surface area contributed by atoms with Crippen LogP contribution in [0.5, 0.6) is 5.75 Å². The molecule has 1 aromatic carbocycles. The monoisotopic (exact) mass is 450 g/mol. The van der Waals surface area contributed by atoms with Crippen LogP contribution in [-0.4, -0.2) is 32.6 Å². The van der Waals surface area contributed by atoms with Gasteiger partial charge in [-0.1, -0.05) is 18.0 Å². The van der Waals surface area contributed by atoms with E-state index in [4.69, 9.17) is 11.6 Å². The van der Waals surface area contributed by atoms with Crippen LogP contribution >= 0.6 is 11.6 Å². The van der Waals surface area contributed by atoms with Crippen molar-refractivity contribution in [3.05, 3.63) is 52.8 Å². The van der Waals surface area contributed by atoms with E-state index in [-0.39, 0.29) is 16.8 Å². The van der Waals surface area contributed by atoms with Crippen LogP contribution in [0.2, 0.25) is 5.02 Å². The Labute approximate surface area is 182 Å². The first-order valence-corrected chi connectivity index (χ1v) is 10.4. The number of hydrogen-bond donors (Lipinski definition) is 2. The van der Waals surface area contributed by atoms with E-state index in [0.29, 0.717) is 34.5 Å². The molecule has 164 valence electrons. The van der Waals surface area contributed by atoms with Crippen LogP contribution in [0.15, 0.2) is 36.7 Å². The average molecular weight is 451 g/mol. The van der Waals surface area contributed by atoms with Gasteiger partial charge < -0.3 is 10.4 Å². The number of benzene rings is 1. The third-order valence-electron chi connectivity index (χ3n) is 5.64. The number of anilines is 2. The van der Waals surface area contributed by atoms with E-state index in [1.54, 1.807) is 18.2 Å². The first kappa shape index (κ1) is 21.6. The number of phenolic OH excluding ortho intramolecular Hbond substituents is 1. The molecule has 5 nitrogen and oxygen atoms in total. The Morgan fingerprint density at radius 1 is 1.19 bits per heavy atom. The van der Waals surface area contributed by atoms with Gasteiger partial charge in [0.1, 0.15) is 11.3 Å². The normalized spacial score (nSPS) is 17.8. The summed E-state index contributed by atoms with van der Waals surface area (Å²) in [5.74, 6) is 0.0547. The molecular weight excluding hydrogens is 429 g/mol. The van der Waals surface area contributed by atoms with Crippen molar-refractivity contribution in [1.29, 1.82) is 0 Å². The summed E-state index contributed by atoms with van der Waals surface area (Å²) < 4.78 is 39.0. The Hall–Kier alpha value is -2.58. The molecule has 0 aliphatic carbocycles. The fraction of sp³-hybridized carbons (Fsp3) is 0.364. The second-order valence-corrected chi connectivity index (χ2v) is 8.29. The molecule has 0 saturated carbocycles. The SMILES string of the molecule is CC1CCCCN1Cc1cc(Cl)cc(Nc2ccnc3cc(C(F)(F)F)cnc23)c1O. The van der Waals surface area contributed by atoms with Crippen molar-refractivity contribution in [2.45, 2.75) is 44.9 Å². The van der Waals surface area contributed by atoms with Gasteiger partial charge in [-0.15, -0.1) is 0 Å². The van der Waals surface area contributed by atoms with Crippen molar-refractivity contribution < 1.29 is 18.3 Å². The molecular formula is C22H22ClF3N4O. The summed E-state index contributed by atoms with van der Waals surface area (Å²) in [7, 11) is 0. The van der Waals surface area contributed by atoms with Gasteiger partial charge in [-0.25, -0.2) is 0 Å². The molecule has 1 unspecified atom stereocenters. The van der Waals surface area contributed by atoms with Crippen molar-refractivity contribution in [2.24, 2.45) is 0 Å². The average Bonchev–Trinajstić information content (AvgIpc) is 2.72. The number of halogens is 4. The lowest BCUT2D eigenvalue weighted by Crippen LogP contribution is -2.36. The van der Waals surface area contributed by atoms with Gasteiger partial charge in [-0.3, -0.25) is 14.9 Å². The quantitative estimate of drug-likeness (QED) is 0.468. The van der Waals surface area contributed by atoms with E-state index in [1.165, 1.54) is 12.6 Å². The number of phenols is 1. The summed E-state index contributed by atoms with van der Waals surface area (Å²) in [6, 6.07) is 6.28. The number of fused-ring (bicyclic) bond motifs is 1. The Balaban J connectivity index is 1.66. The Bertz CT molecular complexity index is 1110. The van der Waals surface area contributed by atoms with Crippen molar-refractivity contribution >= 4 is 34.0 Å². The lowest BCUT2D eigenvalue weighted by Gasteiger charge is -2.33. The highest BCUT2D eigenvalue weighted by atomic mass is 35.5. The maximum absolute atomic E-state index is 13.0. The third kappa shape index (κ3) is 4.70. The summed E-state index contributed by atoms with van der Waals surface area (Å²) in [6.45, 7) is 3.69. The molecule has 0 spiro atoms. The predicted octanol–water partition coefficient (Wildman–Crippen LogP) is 6.13. The highest BCUT2D eigenvalue weighted by molar-refractivity contribution is 6.31. The van der Waals surface area contributed by atoms with E-state index in [0.717, 1.165) is 31.6 Å². The zero-order valence-electron chi connectivity index (χ0n) is 16.9. The van der Waals surface area contributed by atoms with Gasteiger partial charge in [0.25, 0.3) is 0 Å². The van der Waals surface area contributed by atoms with Crippen LogP contribution in [-0.2, 0) is 12.7 Å². The Kier molecular flexibility index (Phi) is 5.94. The molecule has 1 atom stereocenters. The molecule has 31 heavy (non-hydrogen) atoms. The third-order valence-corrected chi connectivity index (χ3v) is 5.86. The number of nitrogens with zero attached hydrogens (tertiary/aromatic N) is 3. The fourth-order valence-electron chi connectivity index (χ4n) is 3.91. The molecule has 0 bridgehead atoms. The molecule has 0 radical (unpaired) electrons. The second-order valence-electron chi connectivity index (χ2n) is 7.85. The number of nitrogens with one attached hydrogen (secondary N) is 1. The highest BCUT2D eigenvalue weighted by Gasteiger charge is 2.31. The van der Waals surface area contributed by atoms with Crippen molar-refractivity contribution in [3.8, 4) is 5.75 Å². The van der Waals surface area contributed by atoms with Gasteiger partial charge in [0.05, 0.1) is 22.5 Å². The molecule has 1 saturated heterocycles. The number of likely N-dealkylation sites (tertiary alicyclic amines) is 1. The van der Waals surface area contributed by atoms with E-state index < -0.39 is 11.7 Å². The van der Waals surface area contributed by atoms with Crippen LogP contribution in [0.4, 0.5) is 24.5 Å². The molecule has 4 rings (SSSR count). The smallest absolute Gasteiger partial charge is 0.417 e. The summed E-state index contributed by atoms with van der Waals surface area (Å²) >= 11 is 6.31. The first-order chi connectivity index (χ1) is 14.7. The number of aromatic hydroxyl groups is 1. The number of aromatic nitrogens is 2. The Morgan fingerprint density at radius 2 is 2.00 bits per heavy atom. The van der Waals surface area contributed by atoms with Gasteiger partial charge in [0.15, 0.2) is 0 Å². The van der Waals surface area contributed by atoms with Crippen LogP contribution in [0, 0.1) is 0 Å². The molecule has 2 aromatic heterocycles. The second kappa shape index (κ2) is 8.51. The summed E-state index contributed by atoms with van der Waals surface area (Å²) in [5.41, 5.74) is 0.974. The van der Waals surface area contributed by atoms with E-state index in [9.17, 15) is 18.3 Å².